The molecule has 0 bridgehead atoms. The molecule has 0 aliphatic heterocycles. The lowest BCUT2D eigenvalue weighted by Gasteiger charge is -2.02. The molecule has 5 heteroatoms. The molecule has 14 heavy (non-hydrogen) atoms. The summed E-state index contributed by atoms with van der Waals surface area (Å²) < 4.78 is 0. The zero-order chi connectivity index (χ0) is 9.80. The minimum Gasteiger partial charge on any atom is -0.336 e. The Labute approximate surface area is 81.3 Å². The van der Waals surface area contributed by atoms with E-state index in [9.17, 15) is 0 Å². The Morgan fingerprint density at radius 1 is 1.00 bits per heavy atom. The Kier molecular flexibility index (Phi) is 2.31. The number of rotatable bonds is 2. The molecular formula is C9H9N5. The molecule has 0 aromatic carbocycles. The molecule has 2 aromatic rings. The number of hydrogen-bond acceptors (Lipinski definition) is 5. The van der Waals surface area contributed by atoms with Gasteiger partial charge >= 0.3 is 0 Å². The van der Waals surface area contributed by atoms with Crippen molar-refractivity contribution in [2.24, 2.45) is 0 Å². The molecule has 2 heterocycles. The molecule has 5 nitrogen and oxygen atoms in total. The van der Waals surface area contributed by atoms with Crippen LogP contribution in [-0.2, 0) is 0 Å². The van der Waals surface area contributed by atoms with Gasteiger partial charge in [-0.25, -0.2) is 15.0 Å². The SMILES string of the molecule is Cc1ncc(Nc2cnccn2)cn1. The zero-order valence-corrected chi connectivity index (χ0v) is 7.68. The molecule has 0 aliphatic carbocycles. The largest absolute Gasteiger partial charge is 0.336 e. The summed E-state index contributed by atoms with van der Waals surface area (Å²) in [6.45, 7) is 1.84. The maximum absolute atomic E-state index is 4.07. The van der Waals surface area contributed by atoms with Crippen molar-refractivity contribution in [1.82, 2.24) is 19.9 Å². The van der Waals surface area contributed by atoms with Gasteiger partial charge < -0.3 is 5.32 Å². The lowest BCUT2D eigenvalue weighted by molar-refractivity contribution is 1.05. The highest BCUT2D eigenvalue weighted by Gasteiger charge is 1.95. The number of hydrogen-bond donors (Lipinski definition) is 1. The normalized spacial score (nSPS) is 9.79. The fourth-order valence-electron chi connectivity index (χ4n) is 0.969. The first-order chi connectivity index (χ1) is 6.84. The minimum atomic E-state index is 0.681. The summed E-state index contributed by atoms with van der Waals surface area (Å²) >= 11 is 0. The summed E-state index contributed by atoms with van der Waals surface area (Å²) in [6.07, 6.45) is 8.29. The molecule has 70 valence electrons. The van der Waals surface area contributed by atoms with Gasteiger partial charge in [0, 0.05) is 12.4 Å². The van der Waals surface area contributed by atoms with Gasteiger partial charge in [-0.2, -0.15) is 0 Å². The van der Waals surface area contributed by atoms with E-state index in [4.69, 9.17) is 0 Å². The Hall–Kier alpha value is -2.04. The van der Waals surface area contributed by atoms with E-state index in [2.05, 4.69) is 25.3 Å². The van der Waals surface area contributed by atoms with E-state index in [1.807, 2.05) is 6.92 Å². The molecule has 0 spiro atoms. The Morgan fingerprint density at radius 2 is 1.79 bits per heavy atom. The number of anilines is 2. The summed E-state index contributed by atoms with van der Waals surface area (Å²) in [5.74, 6) is 1.43. The summed E-state index contributed by atoms with van der Waals surface area (Å²) in [7, 11) is 0. The second-order valence-corrected chi connectivity index (χ2v) is 2.73. The van der Waals surface area contributed by atoms with E-state index < -0.39 is 0 Å². The highest BCUT2D eigenvalue weighted by Crippen LogP contribution is 2.09. The van der Waals surface area contributed by atoms with Crippen molar-refractivity contribution < 1.29 is 0 Å². The highest BCUT2D eigenvalue weighted by molar-refractivity contribution is 5.52. The predicted molar refractivity (Wildman–Crippen MR) is 52.1 cm³/mol. The number of aryl methyl sites for hydroxylation is 1. The second kappa shape index (κ2) is 3.78. The third-order valence-corrected chi connectivity index (χ3v) is 1.62. The third kappa shape index (κ3) is 2.01. The maximum atomic E-state index is 4.07. The van der Waals surface area contributed by atoms with Gasteiger partial charge in [-0.05, 0) is 6.92 Å². The molecule has 0 amide bonds. The number of aromatic nitrogens is 4. The summed E-state index contributed by atoms with van der Waals surface area (Å²) in [6, 6.07) is 0. The van der Waals surface area contributed by atoms with Crippen molar-refractivity contribution in [3.8, 4) is 0 Å². The van der Waals surface area contributed by atoms with Crippen molar-refractivity contribution in [3.05, 3.63) is 36.8 Å². The van der Waals surface area contributed by atoms with E-state index in [1.54, 1.807) is 31.0 Å². The summed E-state index contributed by atoms with van der Waals surface area (Å²) in [5.41, 5.74) is 0.802. The minimum absolute atomic E-state index is 0.681. The van der Waals surface area contributed by atoms with Crippen molar-refractivity contribution in [1.29, 1.82) is 0 Å². The number of nitrogens with one attached hydrogen (secondary N) is 1. The lowest BCUT2D eigenvalue weighted by Crippen LogP contribution is -1.96. The standard InChI is InChI=1S/C9H9N5/c1-7-12-4-8(5-13-7)14-9-6-10-2-3-11-9/h2-6H,1H3,(H,11,14). The molecule has 0 aliphatic rings. The van der Waals surface area contributed by atoms with Crippen LogP contribution >= 0.6 is 0 Å². The van der Waals surface area contributed by atoms with Crippen LogP contribution in [0, 0.1) is 6.92 Å². The molecule has 1 N–H and O–H groups in total. The third-order valence-electron chi connectivity index (χ3n) is 1.62. The summed E-state index contributed by atoms with van der Waals surface area (Å²) in [5, 5.41) is 3.03. The molecule has 0 radical (unpaired) electrons. The van der Waals surface area contributed by atoms with Gasteiger partial charge in [0.1, 0.15) is 11.6 Å². The average Bonchev–Trinajstić information content (AvgIpc) is 2.23. The van der Waals surface area contributed by atoms with Gasteiger partial charge in [-0.15, -0.1) is 0 Å². The topological polar surface area (TPSA) is 63.6 Å². The van der Waals surface area contributed by atoms with Crippen LogP contribution in [-0.4, -0.2) is 19.9 Å². The van der Waals surface area contributed by atoms with Crippen LogP contribution in [0.4, 0.5) is 11.5 Å². The van der Waals surface area contributed by atoms with Crippen LogP contribution in [0.2, 0.25) is 0 Å². The van der Waals surface area contributed by atoms with Crippen LogP contribution in [0.15, 0.2) is 31.0 Å². The maximum Gasteiger partial charge on any atom is 0.148 e. The molecular weight excluding hydrogens is 178 g/mol. The monoisotopic (exact) mass is 187 g/mol. The van der Waals surface area contributed by atoms with E-state index in [-0.39, 0.29) is 0 Å². The Bertz CT molecular complexity index is 397. The van der Waals surface area contributed by atoms with Gasteiger partial charge in [0.05, 0.1) is 24.3 Å². The van der Waals surface area contributed by atoms with Crippen LogP contribution in [0.3, 0.4) is 0 Å². The fraction of sp³-hybridized carbons (Fsp3) is 0.111. The Morgan fingerprint density at radius 3 is 2.43 bits per heavy atom. The van der Waals surface area contributed by atoms with Crippen molar-refractivity contribution in [2.75, 3.05) is 5.32 Å². The molecule has 2 aromatic heterocycles. The lowest BCUT2D eigenvalue weighted by atomic mass is 10.5. The van der Waals surface area contributed by atoms with Gasteiger partial charge in [-0.1, -0.05) is 0 Å². The van der Waals surface area contributed by atoms with Crippen LogP contribution in [0.5, 0.6) is 0 Å². The predicted octanol–water partition coefficient (Wildman–Crippen LogP) is 1.32. The molecule has 0 atom stereocenters. The van der Waals surface area contributed by atoms with Crippen molar-refractivity contribution in [2.45, 2.75) is 6.92 Å². The van der Waals surface area contributed by atoms with E-state index in [0.29, 0.717) is 5.82 Å². The van der Waals surface area contributed by atoms with Crippen LogP contribution in [0.25, 0.3) is 0 Å². The van der Waals surface area contributed by atoms with Crippen molar-refractivity contribution >= 4 is 11.5 Å². The molecule has 0 unspecified atom stereocenters. The summed E-state index contributed by atoms with van der Waals surface area (Å²) in [4.78, 5) is 16.1. The Balaban J connectivity index is 2.16. The first-order valence-electron chi connectivity index (χ1n) is 4.16. The molecule has 0 saturated heterocycles. The van der Waals surface area contributed by atoms with Crippen LogP contribution in [0.1, 0.15) is 5.82 Å². The van der Waals surface area contributed by atoms with Gasteiger partial charge in [0.2, 0.25) is 0 Å². The van der Waals surface area contributed by atoms with E-state index >= 15 is 0 Å². The zero-order valence-electron chi connectivity index (χ0n) is 7.68. The van der Waals surface area contributed by atoms with Gasteiger partial charge in [0.25, 0.3) is 0 Å². The van der Waals surface area contributed by atoms with Crippen molar-refractivity contribution in [3.63, 3.8) is 0 Å². The van der Waals surface area contributed by atoms with Gasteiger partial charge in [0.15, 0.2) is 0 Å². The smallest absolute Gasteiger partial charge is 0.148 e. The molecule has 2 rings (SSSR count). The second-order valence-electron chi connectivity index (χ2n) is 2.73. The molecule has 0 saturated carbocycles. The average molecular weight is 187 g/mol. The number of nitrogens with zero attached hydrogens (tertiary/aromatic N) is 4. The highest BCUT2D eigenvalue weighted by atomic mass is 15.0. The van der Waals surface area contributed by atoms with E-state index in [0.717, 1.165) is 11.5 Å². The first kappa shape index (κ1) is 8.55. The fourth-order valence-corrected chi connectivity index (χ4v) is 0.969. The molecule has 0 fully saturated rings. The van der Waals surface area contributed by atoms with Gasteiger partial charge in [-0.3, -0.25) is 4.98 Å². The quantitative estimate of drug-likeness (QED) is 0.768. The van der Waals surface area contributed by atoms with Crippen LogP contribution < -0.4 is 5.32 Å². The first-order valence-corrected chi connectivity index (χ1v) is 4.16. The van der Waals surface area contributed by atoms with E-state index in [1.165, 1.54) is 0 Å².